The highest BCUT2D eigenvalue weighted by atomic mass is 35.5. The van der Waals surface area contributed by atoms with Crippen LogP contribution >= 0.6 is 22.9 Å². The van der Waals surface area contributed by atoms with Crippen molar-refractivity contribution in [1.29, 1.82) is 0 Å². The van der Waals surface area contributed by atoms with Gasteiger partial charge < -0.3 is 15.4 Å². The van der Waals surface area contributed by atoms with E-state index in [9.17, 15) is 9.59 Å². The van der Waals surface area contributed by atoms with Crippen LogP contribution in [0.3, 0.4) is 0 Å². The van der Waals surface area contributed by atoms with E-state index in [1.807, 2.05) is 24.3 Å². The fraction of sp³-hybridized carbons (Fsp3) is 0.100. The normalized spacial score (nSPS) is 16.1. The molecule has 2 amide bonds. The van der Waals surface area contributed by atoms with Gasteiger partial charge in [0.25, 0.3) is 5.91 Å². The molecule has 4 rings (SSSR count). The van der Waals surface area contributed by atoms with Crippen molar-refractivity contribution in [3.05, 3.63) is 58.4 Å². The summed E-state index contributed by atoms with van der Waals surface area (Å²) in [4.78, 5) is 24.8. The molecule has 0 saturated heterocycles. The van der Waals surface area contributed by atoms with Crippen molar-refractivity contribution in [2.75, 3.05) is 10.6 Å². The molecule has 0 saturated carbocycles. The third-order valence-electron chi connectivity index (χ3n) is 4.12. The number of carbonyl (C=O) groups is 2. The summed E-state index contributed by atoms with van der Waals surface area (Å²) in [6.45, 7) is 1.68. The van der Waals surface area contributed by atoms with Gasteiger partial charge in [-0.3, -0.25) is 9.59 Å². The number of carbonyl (C=O) groups excluding carboxylic acids is 2. The van der Waals surface area contributed by atoms with Crippen LogP contribution in [0.15, 0.2) is 48.5 Å². The van der Waals surface area contributed by atoms with Gasteiger partial charge in [-0.1, -0.05) is 29.8 Å². The van der Waals surface area contributed by atoms with Crippen LogP contribution in [-0.2, 0) is 9.59 Å². The van der Waals surface area contributed by atoms with E-state index < -0.39 is 6.10 Å². The van der Waals surface area contributed by atoms with E-state index in [1.54, 1.807) is 31.2 Å². The molecule has 1 aliphatic heterocycles. The van der Waals surface area contributed by atoms with E-state index >= 15 is 0 Å². The zero-order valence-electron chi connectivity index (χ0n) is 14.3. The summed E-state index contributed by atoms with van der Waals surface area (Å²) in [7, 11) is 0. The lowest BCUT2D eigenvalue weighted by Gasteiger charge is -2.23. The van der Waals surface area contributed by atoms with Crippen molar-refractivity contribution in [3.8, 4) is 5.75 Å². The molecule has 2 heterocycles. The molecule has 5 nitrogen and oxygen atoms in total. The molecule has 1 aliphatic rings. The highest BCUT2D eigenvalue weighted by Gasteiger charge is 2.23. The van der Waals surface area contributed by atoms with E-state index in [2.05, 4.69) is 10.6 Å². The molecule has 0 fully saturated rings. The predicted molar refractivity (Wildman–Crippen MR) is 110 cm³/mol. The third-order valence-corrected chi connectivity index (χ3v) is 5.78. The Labute approximate surface area is 164 Å². The first-order valence-corrected chi connectivity index (χ1v) is 9.48. The summed E-state index contributed by atoms with van der Waals surface area (Å²) in [5.41, 5.74) is 1.09. The number of thiophene rings is 1. The van der Waals surface area contributed by atoms with Gasteiger partial charge in [-0.05, 0) is 37.3 Å². The molecule has 1 atom stereocenters. The molecule has 0 spiro atoms. The Morgan fingerprint density at radius 1 is 1.30 bits per heavy atom. The topological polar surface area (TPSA) is 67.4 Å². The van der Waals surface area contributed by atoms with Crippen LogP contribution in [0.25, 0.3) is 16.2 Å². The SMILES string of the molecule is C[C@@H]1Oc2ccc(NC(=O)/C=C/c3sc4ccccc4c3Cl)cc2NC1=O. The average Bonchev–Trinajstić information content (AvgIpc) is 2.97. The van der Waals surface area contributed by atoms with E-state index in [-0.39, 0.29) is 11.8 Å². The summed E-state index contributed by atoms with van der Waals surface area (Å²) in [6.07, 6.45) is 2.60. The second-order valence-electron chi connectivity index (χ2n) is 6.06. The maximum absolute atomic E-state index is 12.2. The fourth-order valence-electron chi connectivity index (χ4n) is 2.76. The van der Waals surface area contributed by atoms with Crippen molar-refractivity contribution in [2.45, 2.75) is 13.0 Å². The quantitative estimate of drug-likeness (QED) is 0.615. The Morgan fingerprint density at radius 3 is 2.93 bits per heavy atom. The molecule has 0 unspecified atom stereocenters. The Kier molecular flexibility index (Phi) is 4.59. The van der Waals surface area contributed by atoms with Gasteiger partial charge in [-0.2, -0.15) is 0 Å². The molecule has 3 aromatic rings. The molecule has 0 radical (unpaired) electrons. The van der Waals surface area contributed by atoms with Gasteiger partial charge in [0.15, 0.2) is 6.10 Å². The highest BCUT2D eigenvalue weighted by molar-refractivity contribution is 7.20. The molecular formula is C20H15ClN2O3S. The molecule has 2 aromatic carbocycles. The number of rotatable bonds is 3. The Balaban J connectivity index is 1.49. The second-order valence-corrected chi connectivity index (χ2v) is 7.52. The van der Waals surface area contributed by atoms with Crippen LogP contribution < -0.4 is 15.4 Å². The fourth-order valence-corrected chi connectivity index (χ4v) is 4.16. The first kappa shape index (κ1) is 17.6. The molecule has 2 N–H and O–H groups in total. The molecule has 136 valence electrons. The minimum atomic E-state index is -0.535. The second kappa shape index (κ2) is 7.06. The van der Waals surface area contributed by atoms with Crippen LogP contribution in [0.2, 0.25) is 5.02 Å². The van der Waals surface area contributed by atoms with Gasteiger partial charge in [-0.25, -0.2) is 0 Å². The summed E-state index contributed by atoms with van der Waals surface area (Å²) in [6, 6.07) is 12.9. The number of amides is 2. The third kappa shape index (κ3) is 3.54. The Bertz CT molecular complexity index is 1090. The summed E-state index contributed by atoms with van der Waals surface area (Å²) >= 11 is 7.91. The maximum atomic E-state index is 12.2. The number of fused-ring (bicyclic) bond motifs is 2. The van der Waals surface area contributed by atoms with Crippen LogP contribution in [0.5, 0.6) is 5.75 Å². The smallest absolute Gasteiger partial charge is 0.265 e. The summed E-state index contributed by atoms with van der Waals surface area (Å²) < 4.78 is 6.57. The number of benzene rings is 2. The number of ether oxygens (including phenoxy) is 1. The Hall–Kier alpha value is -2.83. The summed E-state index contributed by atoms with van der Waals surface area (Å²) in [5.74, 6) is 0.0675. The molecule has 0 aliphatic carbocycles. The maximum Gasteiger partial charge on any atom is 0.265 e. The number of halogens is 1. The van der Waals surface area contributed by atoms with Crippen LogP contribution in [-0.4, -0.2) is 17.9 Å². The van der Waals surface area contributed by atoms with Gasteiger partial charge in [0.05, 0.1) is 10.7 Å². The largest absolute Gasteiger partial charge is 0.479 e. The van der Waals surface area contributed by atoms with Crippen molar-refractivity contribution >= 4 is 62.3 Å². The Morgan fingerprint density at radius 2 is 2.11 bits per heavy atom. The van der Waals surface area contributed by atoms with Gasteiger partial charge in [0.1, 0.15) is 5.75 Å². The lowest BCUT2D eigenvalue weighted by Crippen LogP contribution is -2.34. The molecule has 0 bridgehead atoms. The first-order valence-electron chi connectivity index (χ1n) is 8.29. The van der Waals surface area contributed by atoms with E-state index in [0.717, 1.165) is 15.0 Å². The van der Waals surface area contributed by atoms with Gasteiger partial charge in [0.2, 0.25) is 5.91 Å². The van der Waals surface area contributed by atoms with Crippen molar-refractivity contribution in [2.24, 2.45) is 0 Å². The lowest BCUT2D eigenvalue weighted by molar-refractivity contribution is -0.122. The minimum absolute atomic E-state index is 0.217. The number of nitrogens with one attached hydrogen (secondary N) is 2. The minimum Gasteiger partial charge on any atom is -0.479 e. The van der Waals surface area contributed by atoms with E-state index in [0.29, 0.717) is 22.1 Å². The number of hydrogen-bond acceptors (Lipinski definition) is 4. The standard InChI is InChI=1S/C20H15ClN2O3S/c1-11-20(25)23-14-10-12(6-7-15(14)26-11)22-18(24)9-8-17-19(21)13-4-2-3-5-16(13)27-17/h2-11H,1H3,(H,22,24)(H,23,25)/b9-8+/t11-/m0/s1. The first-order chi connectivity index (χ1) is 13.0. The van der Waals surface area contributed by atoms with Crippen molar-refractivity contribution in [3.63, 3.8) is 0 Å². The van der Waals surface area contributed by atoms with Crippen LogP contribution in [0.4, 0.5) is 11.4 Å². The van der Waals surface area contributed by atoms with E-state index in [1.165, 1.54) is 17.4 Å². The van der Waals surface area contributed by atoms with Crippen LogP contribution in [0, 0.1) is 0 Å². The number of hydrogen-bond donors (Lipinski definition) is 2. The van der Waals surface area contributed by atoms with Gasteiger partial charge in [-0.15, -0.1) is 11.3 Å². The zero-order valence-corrected chi connectivity index (χ0v) is 15.9. The monoisotopic (exact) mass is 398 g/mol. The number of anilines is 2. The molecule has 27 heavy (non-hydrogen) atoms. The van der Waals surface area contributed by atoms with Crippen molar-refractivity contribution < 1.29 is 14.3 Å². The lowest BCUT2D eigenvalue weighted by atomic mass is 10.2. The van der Waals surface area contributed by atoms with Crippen LogP contribution in [0.1, 0.15) is 11.8 Å². The van der Waals surface area contributed by atoms with E-state index in [4.69, 9.17) is 16.3 Å². The predicted octanol–water partition coefficient (Wildman–Crippen LogP) is 4.93. The molecule has 1 aromatic heterocycles. The highest BCUT2D eigenvalue weighted by Crippen LogP contribution is 2.36. The molecular weight excluding hydrogens is 384 g/mol. The zero-order chi connectivity index (χ0) is 19.0. The van der Waals surface area contributed by atoms with Crippen molar-refractivity contribution in [1.82, 2.24) is 0 Å². The van der Waals surface area contributed by atoms with Gasteiger partial charge >= 0.3 is 0 Å². The summed E-state index contributed by atoms with van der Waals surface area (Å²) in [5, 5.41) is 7.14. The van der Waals surface area contributed by atoms with Gasteiger partial charge in [0, 0.05) is 26.7 Å². The molecule has 7 heteroatoms. The average molecular weight is 399 g/mol.